The maximum atomic E-state index is 12.4. The predicted octanol–water partition coefficient (Wildman–Crippen LogP) is 3.94. The first kappa shape index (κ1) is 18.7. The molecule has 5 nitrogen and oxygen atoms in total. The zero-order valence-electron chi connectivity index (χ0n) is 15.8. The molecule has 1 aliphatic heterocycles. The van der Waals surface area contributed by atoms with Crippen LogP contribution in [-0.2, 0) is 4.79 Å². The van der Waals surface area contributed by atoms with Crippen molar-refractivity contribution in [2.24, 2.45) is 0 Å². The molecule has 4 rings (SSSR count). The number of hydrogen-bond donors (Lipinski definition) is 1. The summed E-state index contributed by atoms with van der Waals surface area (Å²) in [7, 11) is 0. The van der Waals surface area contributed by atoms with Crippen molar-refractivity contribution in [2.75, 3.05) is 13.2 Å². The normalized spacial score (nSPS) is 15.0. The van der Waals surface area contributed by atoms with Gasteiger partial charge in [0.2, 0.25) is 0 Å². The van der Waals surface area contributed by atoms with Crippen LogP contribution < -0.4 is 14.8 Å². The zero-order valence-corrected chi connectivity index (χ0v) is 15.8. The molecule has 1 amide bonds. The quantitative estimate of drug-likeness (QED) is 0.651. The Morgan fingerprint density at radius 2 is 1.59 bits per heavy atom. The molecule has 0 saturated heterocycles. The Bertz CT molecular complexity index is 999. The number of rotatable bonds is 6. The fraction of sp³-hybridized carbons (Fsp3) is 0.167. The van der Waals surface area contributed by atoms with Crippen LogP contribution in [0.25, 0.3) is 0 Å². The maximum absolute atomic E-state index is 12.4. The van der Waals surface area contributed by atoms with Crippen molar-refractivity contribution in [1.29, 1.82) is 0 Å². The maximum Gasteiger partial charge on any atom is 0.258 e. The standard InChI is InChI=1S/C24H21NO4/c26-23(25-21-14-15-28-22-9-5-4-8-20(21)22)16-29-19-12-10-18(11-13-19)24(27)17-6-2-1-3-7-17/h1-13,21H,14-16H2,(H,25,26)/t21-/m1/s1. The summed E-state index contributed by atoms with van der Waals surface area (Å²) in [4.78, 5) is 24.8. The van der Waals surface area contributed by atoms with Crippen molar-refractivity contribution in [3.63, 3.8) is 0 Å². The number of benzene rings is 3. The molecular formula is C24H21NO4. The summed E-state index contributed by atoms with van der Waals surface area (Å²) >= 11 is 0. The summed E-state index contributed by atoms with van der Waals surface area (Å²) in [6, 6.07) is 23.6. The minimum absolute atomic E-state index is 0.0481. The molecule has 0 unspecified atom stereocenters. The summed E-state index contributed by atoms with van der Waals surface area (Å²) in [5.74, 6) is 1.10. The van der Waals surface area contributed by atoms with E-state index in [1.807, 2.05) is 42.5 Å². The monoisotopic (exact) mass is 387 g/mol. The average molecular weight is 387 g/mol. The van der Waals surface area contributed by atoms with Gasteiger partial charge in [-0.1, -0.05) is 48.5 Å². The molecule has 1 N–H and O–H groups in total. The van der Waals surface area contributed by atoms with Gasteiger partial charge in [-0.25, -0.2) is 0 Å². The number of ketones is 1. The third kappa shape index (κ3) is 4.46. The van der Waals surface area contributed by atoms with Crippen molar-refractivity contribution in [3.05, 3.63) is 95.6 Å². The molecule has 1 atom stereocenters. The third-order valence-electron chi connectivity index (χ3n) is 4.82. The van der Waals surface area contributed by atoms with E-state index in [0.29, 0.717) is 23.5 Å². The number of para-hydroxylation sites is 1. The van der Waals surface area contributed by atoms with Crippen LogP contribution in [0, 0.1) is 0 Å². The van der Waals surface area contributed by atoms with Gasteiger partial charge in [0.15, 0.2) is 12.4 Å². The first-order valence-corrected chi connectivity index (χ1v) is 9.54. The van der Waals surface area contributed by atoms with Gasteiger partial charge in [0.25, 0.3) is 5.91 Å². The first-order valence-electron chi connectivity index (χ1n) is 9.54. The molecule has 0 aliphatic carbocycles. The number of amides is 1. The van der Waals surface area contributed by atoms with Crippen LogP contribution in [0.5, 0.6) is 11.5 Å². The van der Waals surface area contributed by atoms with Gasteiger partial charge in [-0.3, -0.25) is 9.59 Å². The van der Waals surface area contributed by atoms with Crippen molar-refractivity contribution in [2.45, 2.75) is 12.5 Å². The van der Waals surface area contributed by atoms with Crippen LogP contribution in [0.2, 0.25) is 0 Å². The highest BCUT2D eigenvalue weighted by atomic mass is 16.5. The largest absolute Gasteiger partial charge is 0.493 e. The highest BCUT2D eigenvalue weighted by Crippen LogP contribution is 2.31. The average Bonchev–Trinajstić information content (AvgIpc) is 2.78. The van der Waals surface area contributed by atoms with Crippen LogP contribution in [0.1, 0.15) is 33.9 Å². The van der Waals surface area contributed by atoms with Gasteiger partial charge in [-0.15, -0.1) is 0 Å². The molecule has 0 saturated carbocycles. The van der Waals surface area contributed by atoms with E-state index in [9.17, 15) is 9.59 Å². The van der Waals surface area contributed by atoms with Crippen LogP contribution in [0.4, 0.5) is 0 Å². The van der Waals surface area contributed by atoms with Crippen LogP contribution in [-0.4, -0.2) is 24.9 Å². The Kier molecular flexibility index (Phi) is 5.56. The molecule has 0 spiro atoms. The van der Waals surface area contributed by atoms with Gasteiger partial charge >= 0.3 is 0 Å². The fourth-order valence-corrected chi connectivity index (χ4v) is 3.34. The lowest BCUT2D eigenvalue weighted by molar-refractivity contribution is -0.124. The van der Waals surface area contributed by atoms with Crippen molar-refractivity contribution in [1.82, 2.24) is 5.32 Å². The molecule has 0 aromatic heterocycles. The summed E-state index contributed by atoms with van der Waals surface area (Å²) < 4.78 is 11.2. The second-order valence-electron chi connectivity index (χ2n) is 6.80. The van der Waals surface area contributed by atoms with Crippen LogP contribution >= 0.6 is 0 Å². The molecule has 0 fully saturated rings. The summed E-state index contributed by atoms with van der Waals surface area (Å²) in [5.41, 5.74) is 2.19. The third-order valence-corrected chi connectivity index (χ3v) is 4.82. The molecule has 5 heteroatoms. The van der Waals surface area contributed by atoms with E-state index in [1.165, 1.54) is 0 Å². The van der Waals surface area contributed by atoms with Gasteiger partial charge < -0.3 is 14.8 Å². The summed E-state index contributed by atoms with van der Waals surface area (Å²) in [6.07, 6.45) is 0.721. The molecule has 0 radical (unpaired) electrons. The van der Waals surface area contributed by atoms with E-state index < -0.39 is 0 Å². The Balaban J connectivity index is 1.33. The zero-order chi connectivity index (χ0) is 20.1. The second kappa shape index (κ2) is 8.61. The van der Waals surface area contributed by atoms with Gasteiger partial charge in [-0.05, 0) is 30.3 Å². The predicted molar refractivity (Wildman–Crippen MR) is 109 cm³/mol. The van der Waals surface area contributed by atoms with Crippen molar-refractivity contribution < 1.29 is 19.1 Å². The molecule has 0 bridgehead atoms. The van der Waals surface area contributed by atoms with Gasteiger partial charge in [0.1, 0.15) is 11.5 Å². The number of ether oxygens (including phenoxy) is 2. The molecule has 1 heterocycles. The van der Waals surface area contributed by atoms with E-state index >= 15 is 0 Å². The minimum Gasteiger partial charge on any atom is -0.493 e. The Labute approximate surface area is 169 Å². The van der Waals surface area contributed by atoms with Crippen molar-refractivity contribution >= 4 is 11.7 Å². The number of hydrogen-bond acceptors (Lipinski definition) is 4. The summed E-state index contributed by atoms with van der Waals surface area (Å²) in [5, 5.41) is 3.00. The number of fused-ring (bicyclic) bond motifs is 1. The SMILES string of the molecule is O=C(COc1ccc(C(=O)c2ccccc2)cc1)N[C@@H]1CCOc2ccccc21. The highest BCUT2D eigenvalue weighted by Gasteiger charge is 2.22. The van der Waals surface area contributed by atoms with E-state index in [-0.39, 0.29) is 24.3 Å². The lowest BCUT2D eigenvalue weighted by Crippen LogP contribution is -2.35. The number of nitrogens with one attached hydrogen (secondary N) is 1. The number of carbonyl (C=O) groups excluding carboxylic acids is 2. The molecule has 29 heavy (non-hydrogen) atoms. The molecule has 3 aromatic carbocycles. The molecule has 146 valence electrons. The van der Waals surface area contributed by atoms with E-state index in [2.05, 4.69) is 5.32 Å². The van der Waals surface area contributed by atoms with E-state index in [4.69, 9.17) is 9.47 Å². The van der Waals surface area contributed by atoms with Crippen molar-refractivity contribution in [3.8, 4) is 11.5 Å². The topological polar surface area (TPSA) is 64.6 Å². The highest BCUT2D eigenvalue weighted by molar-refractivity contribution is 6.08. The van der Waals surface area contributed by atoms with E-state index in [0.717, 1.165) is 17.7 Å². The Hall–Kier alpha value is -3.60. The van der Waals surface area contributed by atoms with Gasteiger partial charge in [-0.2, -0.15) is 0 Å². The smallest absolute Gasteiger partial charge is 0.258 e. The van der Waals surface area contributed by atoms with E-state index in [1.54, 1.807) is 36.4 Å². The fourth-order valence-electron chi connectivity index (χ4n) is 3.34. The minimum atomic E-state index is -0.198. The second-order valence-corrected chi connectivity index (χ2v) is 6.80. The Morgan fingerprint density at radius 3 is 2.38 bits per heavy atom. The first-order chi connectivity index (χ1) is 14.2. The Morgan fingerprint density at radius 1 is 0.897 bits per heavy atom. The number of carbonyl (C=O) groups is 2. The summed E-state index contributed by atoms with van der Waals surface area (Å²) in [6.45, 7) is 0.477. The molecule has 3 aromatic rings. The van der Waals surface area contributed by atoms with Gasteiger partial charge in [0, 0.05) is 23.1 Å². The molecule has 1 aliphatic rings. The lowest BCUT2D eigenvalue weighted by Gasteiger charge is -2.26. The van der Waals surface area contributed by atoms with Gasteiger partial charge in [0.05, 0.1) is 12.6 Å². The van der Waals surface area contributed by atoms with Crippen LogP contribution in [0.15, 0.2) is 78.9 Å². The van der Waals surface area contributed by atoms with Crippen LogP contribution in [0.3, 0.4) is 0 Å². The molecular weight excluding hydrogens is 366 g/mol. The lowest BCUT2D eigenvalue weighted by atomic mass is 10.0.